The molecule has 22 heavy (non-hydrogen) atoms. The van der Waals surface area contributed by atoms with Gasteiger partial charge in [0.15, 0.2) is 0 Å². The summed E-state index contributed by atoms with van der Waals surface area (Å²) in [5.74, 6) is 0.0555. The number of hydrogen-bond donors (Lipinski definition) is 2. The topological polar surface area (TPSA) is 75.3 Å². The summed E-state index contributed by atoms with van der Waals surface area (Å²) in [6.07, 6.45) is 4.30. The number of carbonyl (C=O) groups is 1. The van der Waals surface area contributed by atoms with E-state index in [1.165, 1.54) is 12.1 Å². The zero-order valence-electron chi connectivity index (χ0n) is 12.8. The summed E-state index contributed by atoms with van der Waals surface area (Å²) in [7, 11) is -3.49. The Morgan fingerprint density at radius 1 is 1.14 bits per heavy atom. The van der Waals surface area contributed by atoms with Crippen LogP contribution in [0.2, 0.25) is 0 Å². The van der Waals surface area contributed by atoms with E-state index in [9.17, 15) is 13.2 Å². The minimum atomic E-state index is -3.49. The van der Waals surface area contributed by atoms with E-state index < -0.39 is 10.0 Å². The number of anilines is 1. The third-order valence-corrected chi connectivity index (χ3v) is 4.76. The number of hydrogen-bond acceptors (Lipinski definition) is 3. The van der Waals surface area contributed by atoms with Gasteiger partial charge in [-0.3, -0.25) is 4.79 Å². The van der Waals surface area contributed by atoms with Gasteiger partial charge in [-0.1, -0.05) is 26.2 Å². The Labute approximate surface area is 137 Å². The summed E-state index contributed by atoms with van der Waals surface area (Å²) in [5, 5.41) is 2.65. The SMILES string of the molecule is CCCCCCNS(=O)(=O)c1ccc(NC(=O)CCCl)cc1. The number of amides is 1. The average molecular weight is 347 g/mol. The van der Waals surface area contributed by atoms with Crippen LogP contribution in [-0.2, 0) is 14.8 Å². The predicted octanol–water partition coefficient (Wildman–Crippen LogP) is 3.11. The Kier molecular flexibility index (Phi) is 8.45. The number of benzene rings is 1. The summed E-state index contributed by atoms with van der Waals surface area (Å²) in [5.41, 5.74) is 0.553. The molecule has 0 fully saturated rings. The summed E-state index contributed by atoms with van der Waals surface area (Å²) >= 11 is 5.48. The van der Waals surface area contributed by atoms with Crippen molar-refractivity contribution >= 4 is 33.2 Å². The van der Waals surface area contributed by atoms with E-state index in [-0.39, 0.29) is 23.1 Å². The third-order valence-electron chi connectivity index (χ3n) is 3.09. The summed E-state index contributed by atoms with van der Waals surface area (Å²) < 4.78 is 26.8. The molecule has 0 saturated heterocycles. The van der Waals surface area contributed by atoms with Gasteiger partial charge in [-0.2, -0.15) is 0 Å². The highest BCUT2D eigenvalue weighted by atomic mass is 35.5. The minimum absolute atomic E-state index is 0.193. The standard InChI is InChI=1S/C15H23ClN2O3S/c1-2-3-4-5-12-17-22(20,21)14-8-6-13(7-9-14)18-15(19)10-11-16/h6-9,17H,2-5,10-12H2,1H3,(H,18,19). The first-order valence-electron chi connectivity index (χ1n) is 7.45. The zero-order valence-corrected chi connectivity index (χ0v) is 14.3. The van der Waals surface area contributed by atoms with Crippen LogP contribution < -0.4 is 10.0 Å². The number of halogens is 1. The Bertz CT molecular complexity index is 559. The van der Waals surface area contributed by atoms with E-state index in [1.807, 2.05) is 0 Å². The molecule has 0 aliphatic carbocycles. The molecule has 0 aliphatic rings. The highest BCUT2D eigenvalue weighted by Gasteiger charge is 2.13. The minimum Gasteiger partial charge on any atom is -0.326 e. The average Bonchev–Trinajstić information content (AvgIpc) is 2.48. The molecule has 0 aromatic heterocycles. The molecule has 1 aromatic rings. The first-order valence-corrected chi connectivity index (χ1v) is 9.47. The maximum atomic E-state index is 12.1. The van der Waals surface area contributed by atoms with Crippen LogP contribution in [0.15, 0.2) is 29.2 Å². The molecular formula is C15H23ClN2O3S. The molecule has 124 valence electrons. The van der Waals surface area contributed by atoms with E-state index in [0.29, 0.717) is 12.2 Å². The van der Waals surface area contributed by atoms with Crippen molar-refractivity contribution < 1.29 is 13.2 Å². The van der Waals surface area contributed by atoms with Crippen LogP contribution in [0, 0.1) is 0 Å². The Balaban J connectivity index is 2.55. The van der Waals surface area contributed by atoms with Gasteiger partial charge in [0.1, 0.15) is 0 Å². The van der Waals surface area contributed by atoms with Crippen LogP contribution in [-0.4, -0.2) is 26.7 Å². The maximum absolute atomic E-state index is 12.1. The number of nitrogens with one attached hydrogen (secondary N) is 2. The van der Waals surface area contributed by atoms with Crippen molar-refractivity contribution in [2.24, 2.45) is 0 Å². The molecule has 0 saturated carbocycles. The molecule has 0 spiro atoms. The highest BCUT2D eigenvalue weighted by Crippen LogP contribution is 2.14. The molecular weight excluding hydrogens is 324 g/mol. The van der Waals surface area contributed by atoms with Crippen molar-refractivity contribution in [1.29, 1.82) is 0 Å². The van der Waals surface area contributed by atoms with Gasteiger partial charge in [0.05, 0.1) is 4.90 Å². The van der Waals surface area contributed by atoms with E-state index in [2.05, 4.69) is 17.0 Å². The lowest BCUT2D eigenvalue weighted by Crippen LogP contribution is -2.24. The molecule has 0 bridgehead atoms. The van der Waals surface area contributed by atoms with Crippen molar-refractivity contribution in [2.45, 2.75) is 43.9 Å². The summed E-state index contributed by atoms with van der Waals surface area (Å²) in [4.78, 5) is 11.6. The molecule has 1 aromatic carbocycles. The quantitative estimate of drug-likeness (QED) is 0.505. The fourth-order valence-corrected chi connectivity index (χ4v) is 3.11. The number of carbonyl (C=O) groups excluding carboxylic acids is 1. The van der Waals surface area contributed by atoms with Crippen LogP contribution in [0.3, 0.4) is 0 Å². The normalized spacial score (nSPS) is 11.4. The molecule has 0 heterocycles. The number of alkyl halides is 1. The van der Waals surface area contributed by atoms with Gasteiger partial charge >= 0.3 is 0 Å². The molecule has 1 rings (SSSR count). The van der Waals surface area contributed by atoms with Crippen molar-refractivity contribution in [2.75, 3.05) is 17.7 Å². The second-order valence-electron chi connectivity index (χ2n) is 4.97. The number of unbranched alkanes of at least 4 members (excludes halogenated alkanes) is 3. The first-order chi connectivity index (χ1) is 10.5. The molecule has 0 radical (unpaired) electrons. The Morgan fingerprint density at radius 3 is 2.41 bits per heavy atom. The monoisotopic (exact) mass is 346 g/mol. The van der Waals surface area contributed by atoms with E-state index >= 15 is 0 Å². The number of rotatable bonds is 10. The van der Waals surface area contributed by atoms with Crippen LogP contribution >= 0.6 is 11.6 Å². The second kappa shape index (κ2) is 9.82. The lowest BCUT2D eigenvalue weighted by atomic mass is 10.2. The van der Waals surface area contributed by atoms with E-state index in [0.717, 1.165) is 25.7 Å². The van der Waals surface area contributed by atoms with Crippen molar-refractivity contribution in [3.8, 4) is 0 Å². The molecule has 5 nitrogen and oxygen atoms in total. The summed E-state index contributed by atoms with van der Waals surface area (Å²) in [6.45, 7) is 2.55. The van der Waals surface area contributed by atoms with Gasteiger partial charge in [-0.15, -0.1) is 11.6 Å². The molecule has 2 N–H and O–H groups in total. The fraction of sp³-hybridized carbons (Fsp3) is 0.533. The van der Waals surface area contributed by atoms with E-state index in [1.54, 1.807) is 12.1 Å². The van der Waals surface area contributed by atoms with Crippen LogP contribution in [0.5, 0.6) is 0 Å². The van der Waals surface area contributed by atoms with Crippen molar-refractivity contribution in [3.63, 3.8) is 0 Å². The lowest BCUT2D eigenvalue weighted by Gasteiger charge is -2.08. The molecule has 0 atom stereocenters. The van der Waals surface area contributed by atoms with Crippen LogP contribution in [0.25, 0.3) is 0 Å². The largest absolute Gasteiger partial charge is 0.326 e. The van der Waals surface area contributed by atoms with Crippen molar-refractivity contribution in [1.82, 2.24) is 4.72 Å². The molecule has 1 amide bonds. The third kappa shape index (κ3) is 6.77. The Hall–Kier alpha value is -1.11. The first kappa shape index (κ1) is 18.9. The van der Waals surface area contributed by atoms with Crippen LogP contribution in [0.1, 0.15) is 39.0 Å². The Morgan fingerprint density at radius 2 is 1.82 bits per heavy atom. The van der Waals surface area contributed by atoms with Gasteiger partial charge in [0, 0.05) is 24.5 Å². The summed E-state index contributed by atoms with van der Waals surface area (Å²) in [6, 6.07) is 6.09. The molecule has 7 heteroatoms. The fourth-order valence-electron chi connectivity index (χ4n) is 1.87. The smallest absolute Gasteiger partial charge is 0.240 e. The van der Waals surface area contributed by atoms with Gasteiger partial charge in [-0.25, -0.2) is 13.1 Å². The number of sulfonamides is 1. The zero-order chi connectivity index (χ0) is 16.4. The maximum Gasteiger partial charge on any atom is 0.240 e. The van der Waals surface area contributed by atoms with E-state index in [4.69, 9.17) is 11.6 Å². The second-order valence-corrected chi connectivity index (χ2v) is 7.11. The van der Waals surface area contributed by atoms with Crippen molar-refractivity contribution in [3.05, 3.63) is 24.3 Å². The van der Waals surface area contributed by atoms with Gasteiger partial charge in [0.2, 0.25) is 15.9 Å². The van der Waals surface area contributed by atoms with Gasteiger partial charge < -0.3 is 5.32 Å². The molecule has 0 aliphatic heterocycles. The van der Waals surface area contributed by atoms with Crippen LogP contribution in [0.4, 0.5) is 5.69 Å². The lowest BCUT2D eigenvalue weighted by molar-refractivity contribution is -0.115. The van der Waals surface area contributed by atoms with Gasteiger partial charge in [0.25, 0.3) is 0 Å². The molecule has 0 unspecified atom stereocenters. The predicted molar refractivity (Wildman–Crippen MR) is 89.7 cm³/mol. The van der Waals surface area contributed by atoms with Gasteiger partial charge in [-0.05, 0) is 30.7 Å². The highest BCUT2D eigenvalue weighted by molar-refractivity contribution is 7.89.